The first-order chi connectivity index (χ1) is 10.6. The van der Waals surface area contributed by atoms with Gasteiger partial charge in [-0.1, -0.05) is 29.5 Å². The average Bonchev–Trinajstić information content (AvgIpc) is 2.92. The molecule has 0 aliphatic carbocycles. The van der Waals surface area contributed by atoms with Crippen molar-refractivity contribution in [3.05, 3.63) is 52.0 Å². The van der Waals surface area contributed by atoms with E-state index in [4.69, 9.17) is 4.74 Å². The lowest BCUT2D eigenvalue weighted by molar-refractivity contribution is 0.102. The van der Waals surface area contributed by atoms with Gasteiger partial charge in [0.25, 0.3) is 5.91 Å². The third-order valence-corrected chi connectivity index (χ3v) is 5.06. The lowest BCUT2D eigenvalue weighted by Crippen LogP contribution is -2.12. The maximum absolute atomic E-state index is 12.3. The molecule has 3 aromatic rings. The van der Waals surface area contributed by atoms with E-state index in [0.717, 1.165) is 20.3 Å². The number of hydrogen-bond acceptors (Lipinski definition) is 4. The smallest absolute Gasteiger partial charge is 0.258 e. The third kappa shape index (κ3) is 2.71. The van der Waals surface area contributed by atoms with Gasteiger partial charge in [-0.2, -0.15) is 0 Å². The number of carbonyl (C=O) groups is 1. The topological polar surface area (TPSA) is 51.2 Å². The molecule has 0 spiro atoms. The highest BCUT2D eigenvalue weighted by molar-refractivity contribution is 9.10. The van der Waals surface area contributed by atoms with Crippen LogP contribution in [0.15, 0.2) is 40.9 Å². The fourth-order valence-electron chi connectivity index (χ4n) is 2.14. The van der Waals surface area contributed by atoms with Crippen LogP contribution in [-0.4, -0.2) is 18.0 Å². The number of hydrogen-bond donors (Lipinski definition) is 1. The van der Waals surface area contributed by atoms with E-state index in [2.05, 4.69) is 26.2 Å². The number of aryl methyl sites for hydroxylation is 1. The molecular formula is C16H13BrN2O2S. The minimum absolute atomic E-state index is 0.192. The molecule has 6 heteroatoms. The number of thiazole rings is 1. The van der Waals surface area contributed by atoms with Crippen molar-refractivity contribution in [2.24, 2.45) is 0 Å². The quantitative estimate of drug-likeness (QED) is 0.724. The Hall–Kier alpha value is -1.92. The Labute approximate surface area is 140 Å². The summed E-state index contributed by atoms with van der Waals surface area (Å²) in [6.45, 7) is 2.01. The van der Waals surface area contributed by atoms with Gasteiger partial charge in [0.05, 0.1) is 17.4 Å². The second-order valence-corrected chi connectivity index (χ2v) is 6.57. The molecule has 0 bridgehead atoms. The molecule has 4 nitrogen and oxygen atoms in total. The molecule has 0 saturated carbocycles. The van der Waals surface area contributed by atoms with Gasteiger partial charge in [-0.15, -0.1) is 0 Å². The Balaban J connectivity index is 1.96. The zero-order valence-corrected chi connectivity index (χ0v) is 14.4. The van der Waals surface area contributed by atoms with Crippen LogP contribution in [0.4, 0.5) is 5.13 Å². The second kappa shape index (κ2) is 6.06. The molecule has 112 valence electrons. The van der Waals surface area contributed by atoms with Gasteiger partial charge in [-0.05, 0) is 46.6 Å². The lowest BCUT2D eigenvalue weighted by Gasteiger charge is -2.03. The van der Waals surface area contributed by atoms with E-state index in [1.807, 2.05) is 37.3 Å². The van der Waals surface area contributed by atoms with E-state index in [9.17, 15) is 4.79 Å². The van der Waals surface area contributed by atoms with E-state index in [1.54, 1.807) is 13.2 Å². The first kappa shape index (κ1) is 15.0. The van der Waals surface area contributed by atoms with Crippen LogP contribution in [0.1, 0.15) is 15.9 Å². The van der Waals surface area contributed by atoms with E-state index >= 15 is 0 Å². The van der Waals surface area contributed by atoms with Gasteiger partial charge in [-0.25, -0.2) is 4.98 Å². The molecule has 0 radical (unpaired) electrons. The van der Waals surface area contributed by atoms with Crippen LogP contribution in [0, 0.1) is 6.92 Å². The van der Waals surface area contributed by atoms with Crippen molar-refractivity contribution >= 4 is 48.5 Å². The largest absolute Gasteiger partial charge is 0.494 e. The first-order valence-electron chi connectivity index (χ1n) is 6.60. The maximum Gasteiger partial charge on any atom is 0.258 e. The van der Waals surface area contributed by atoms with Crippen LogP contribution in [-0.2, 0) is 0 Å². The zero-order valence-electron chi connectivity index (χ0n) is 12.0. The molecule has 0 fully saturated rings. The number of nitrogens with one attached hydrogen (secondary N) is 1. The predicted octanol–water partition coefficient (Wildman–Crippen LogP) is 4.63. The van der Waals surface area contributed by atoms with Gasteiger partial charge < -0.3 is 4.74 Å². The monoisotopic (exact) mass is 376 g/mol. The van der Waals surface area contributed by atoms with Gasteiger partial charge in [0.1, 0.15) is 11.3 Å². The van der Waals surface area contributed by atoms with E-state index in [-0.39, 0.29) is 5.91 Å². The molecule has 0 aliphatic heterocycles. The van der Waals surface area contributed by atoms with E-state index in [1.165, 1.54) is 11.3 Å². The number of benzene rings is 2. The van der Waals surface area contributed by atoms with Crippen LogP contribution in [0.5, 0.6) is 5.75 Å². The number of halogens is 1. The van der Waals surface area contributed by atoms with Crippen molar-refractivity contribution in [1.29, 1.82) is 0 Å². The van der Waals surface area contributed by atoms with Crippen LogP contribution in [0.3, 0.4) is 0 Å². The van der Waals surface area contributed by atoms with Crippen LogP contribution >= 0.6 is 27.3 Å². The summed E-state index contributed by atoms with van der Waals surface area (Å²) in [4.78, 5) is 16.8. The Morgan fingerprint density at radius 3 is 2.77 bits per heavy atom. The molecule has 0 atom stereocenters. The van der Waals surface area contributed by atoms with Crippen LogP contribution in [0.2, 0.25) is 0 Å². The molecular weight excluding hydrogens is 364 g/mol. The zero-order chi connectivity index (χ0) is 15.7. The molecule has 1 aromatic heterocycles. The van der Waals surface area contributed by atoms with Crippen molar-refractivity contribution in [2.75, 3.05) is 12.4 Å². The number of anilines is 1. The molecule has 0 unspecified atom stereocenters. The SMILES string of the molecule is COc1ccc(C)c2sc(NC(=O)c3ccccc3Br)nc12. The molecule has 2 aromatic carbocycles. The molecule has 1 amide bonds. The number of aromatic nitrogens is 1. The molecule has 1 N–H and O–H groups in total. The number of nitrogens with zero attached hydrogens (tertiary/aromatic N) is 1. The van der Waals surface area contributed by atoms with Crippen molar-refractivity contribution in [2.45, 2.75) is 6.92 Å². The van der Waals surface area contributed by atoms with Gasteiger partial charge in [0.2, 0.25) is 0 Å². The van der Waals surface area contributed by atoms with Gasteiger partial charge in [0.15, 0.2) is 5.13 Å². The highest BCUT2D eigenvalue weighted by Crippen LogP contribution is 2.35. The summed E-state index contributed by atoms with van der Waals surface area (Å²) in [5.41, 5.74) is 2.45. The van der Waals surface area contributed by atoms with E-state index < -0.39 is 0 Å². The third-order valence-electron chi connectivity index (χ3n) is 3.26. The summed E-state index contributed by atoms with van der Waals surface area (Å²) < 4.78 is 7.10. The van der Waals surface area contributed by atoms with Gasteiger partial charge in [-0.3, -0.25) is 10.1 Å². The lowest BCUT2D eigenvalue weighted by atomic mass is 10.2. The number of methoxy groups -OCH3 is 1. The average molecular weight is 377 g/mol. The second-order valence-electron chi connectivity index (χ2n) is 4.72. The first-order valence-corrected chi connectivity index (χ1v) is 8.21. The van der Waals surface area contributed by atoms with Crippen molar-refractivity contribution in [3.8, 4) is 5.75 Å². The van der Waals surface area contributed by atoms with Crippen molar-refractivity contribution < 1.29 is 9.53 Å². The van der Waals surface area contributed by atoms with Crippen molar-refractivity contribution in [1.82, 2.24) is 4.98 Å². The summed E-state index contributed by atoms with van der Waals surface area (Å²) in [5, 5.41) is 3.41. The van der Waals surface area contributed by atoms with Gasteiger partial charge >= 0.3 is 0 Å². The predicted molar refractivity (Wildman–Crippen MR) is 93.0 cm³/mol. The summed E-state index contributed by atoms with van der Waals surface area (Å²) in [6, 6.07) is 11.2. The fraction of sp³-hybridized carbons (Fsp3) is 0.125. The number of rotatable bonds is 3. The minimum atomic E-state index is -0.192. The fourth-order valence-corrected chi connectivity index (χ4v) is 3.55. The normalized spacial score (nSPS) is 10.7. The highest BCUT2D eigenvalue weighted by atomic mass is 79.9. The number of ether oxygens (including phenoxy) is 1. The summed E-state index contributed by atoms with van der Waals surface area (Å²) >= 11 is 4.83. The van der Waals surface area contributed by atoms with Crippen LogP contribution < -0.4 is 10.1 Å². The Morgan fingerprint density at radius 1 is 1.27 bits per heavy atom. The molecule has 22 heavy (non-hydrogen) atoms. The summed E-state index contributed by atoms with van der Waals surface area (Å²) in [6.07, 6.45) is 0. The molecule has 3 rings (SSSR count). The number of amides is 1. The van der Waals surface area contributed by atoms with Crippen molar-refractivity contribution in [3.63, 3.8) is 0 Å². The van der Waals surface area contributed by atoms with Crippen LogP contribution in [0.25, 0.3) is 10.2 Å². The Kier molecular flexibility index (Phi) is 4.13. The van der Waals surface area contributed by atoms with E-state index in [0.29, 0.717) is 16.4 Å². The maximum atomic E-state index is 12.3. The number of carbonyl (C=O) groups excluding carboxylic acids is 1. The molecule has 1 heterocycles. The number of fused-ring (bicyclic) bond motifs is 1. The van der Waals surface area contributed by atoms with Gasteiger partial charge in [0, 0.05) is 4.47 Å². The standard InChI is InChI=1S/C16H13BrN2O2S/c1-9-7-8-12(21-2)13-14(9)22-16(18-13)19-15(20)10-5-3-4-6-11(10)17/h3-8H,1-2H3,(H,18,19,20). The minimum Gasteiger partial charge on any atom is -0.494 e. The molecule has 0 saturated heterocycles. The summed E-state index contributed by atoms with van der Waals surface area (Å²) in [5.74, 6) is 0.515. The highest BCUT2D eigenvalue weighted by Gasteiger charge is 2.15. The summed E-state index contributed by atoms with van der Waals surface area (Å²) in [7, 11) is 1.61. The Bertz CT molecular complexity index is 860. The Morgan fingerprint density at radius 2 is 2.05 bits per heavy atom. The molecule has 0 aliphatic rings.